The fourth-order valence-electron chi connectivity index (χ4n) is 3.15. The summed E-state index contributed by atoms with van der Waals surface area (Å²) in [6, 6.07) is 8.02. The number of nitrogens with two attached hydrogens (primary N) is 1. The standard InChI is InChI=1S/C17H26N2O2/c1-12(15-9-4-5-10-16(15)21-3)19(2)17(20)13-7-6-8-14(18)11-13/h4-5,9-10,12-14H,6-8,11,18H2,1-3H3. The van der Waals surface area contributed by atoms with Crippen LogP contribution in [0.5, 0.6) is 5.75 Å². The van der Waals surface area contributed by atoms with Gasteiger partial charge in [0.05, 0.1) is 13.2 Å². The number of hydrogen-bond acceptors (Lipinski definition) is 3. The summed E-state index contributed by atoms with van der Waals surface area (Å²) in [6.45, 7) is 2.04. The molecule has 3 atom stereocenters. The van der Waals surface area contributed by atoms with Crippen LogP contribution in [0.1, 0.15) is 44.2 Å². The topological polar surface area (TPSA) is 55.6 Å². The number of amides is 1. The first-order chi connectivity index (χ1) is 10.0. The maximum atomic E-state index is 12.7. The molecule has 0 radical (unpaired) electrons. The van der Waals surface area contributed by atoms with Gasteiger partial charge >= 0.3 is 0 Å². The summed E-state index contributed by atoms with van der Waals surface area (Å²) in [5, 5.41) is 0. The summed E-state index contributed by atoms with van der Waals surface area (Å²) >= 11 is 0. The van der Waals surface area contributed by atoms with Crippen LogP contribution in [0.2, 0.25) is 0 Å². The largest absolute Gasteiger partial charge is 0.496 e. The second kappa shape index (κ2) is 6.94. The van der Waals surface area contributed by atoms with Crippen molar-refractivity contribution in [3.05, 3.63) is 29.8 Å². The van der Waals surface area contributed by atoms with Crippen molar-refractivity contribution in [2.24, 2.45) is 11.7 Å². The maximum absolute atomic E-state index is 12.7. The third-order valence-electron chi connectivity index (χ3n) is 4.58. The number of carbonyl (C=O) groups is 1. The summed E-state index contributed by atoms with van der Waals surface area (Å²) in [5.41, 5.74) is 7.04. The van der Waals surface area contributed by atoms with Crippen molar-refractivity contribution in [3.63, 3.8) is 0 Å². The van der Waals surface area contributed by atoms with E-state index in [1.54, 1.807) is 7.11 Å². The molecule has 1 aromatic rings. The predicted octanol–water partition coefficient (Wildman–Crippen LogP) is 2.73. The summed E-state index contributed by atoms with van der Waals surface area (Å²) in [7, 11) is 3.53. The number of para-hydroxylation sites is 1. The molecule has 0 aromatic heterocycles. The highest BCUT2D eigenvalue weighted by Gasteiger charge is 2.30. The van der Waals surface area contributed by atoms with Crippen LogP contribution in [0.25, 0.3) is 0 Å². The molecule has 0 spiro atoms. The third-order valence-corrected chi connectivity index (χ3v) is 4.58. The van der Waals surface area contributed by atoms with Gasteiger partial charge in [-0.15, -0.1) is 0 Å². The van der Waals surface area contributed by atoms with Crippen LogP contribution in [0.3, 0.4) is 0 Å². The van der Waals surface area contributed by atoms with Crippen LogP contribution >= 0.6 is 0 Å². The van der Waals surface area contributed by atoms with Crippen molar-refractivity contribution in [2.75, 3.05) is 14.2 Å². The van der Waals surface area contributed by atoms with Crippen molar-refractivity contribution in [3.8, 4) is 5.75 Å². The van der Waals surface area contributed by atoms with Gasteiger partial charge in [0, 0.05) is 24.6 Å². The monoisotopic (exact) mass is 290 g/mol. The molecule has 2 N–H and O–H groups in total. The molecule has 0 heterocycles. The zero-order valence-corrected chi connectivity index (χ0v) is 13.2. The van der Waals surface area contributed by atoms with Crippen molar-refractivity contribution < 1.29 is 9.53 Å². The molecule has 1 saturated carbocycles. The van der Waals surface area contributed by atoms with E-state index in [-0.39, 0.29) is 23.9 Å². The predicted molar refractivity (Wildman–Crippen MR) is 84.1 cm³/mol. The minimum absolute atomic E-state index is 0.00759. The van der Waals surface area contributed by atoms with E-state index < -0.39 is 0 Å². The Morgan fingerprint density at radius 3 is 2.76 bits per heavy atom. The lowest BCUT2D eigenvalue weighted by Gasteiger charge is -2.33. The zero-order chi connectivity index (χ0) is 15.4. The van der Waals surface area contributed by atoms with Gasteiger partial charge in [0.2, 0.25) is 5.91 Å². The van der Waals surface area contributed by atoms with Gasteiger partial charge in [0.25, 0.3) is 0 Å². The van der Waals surface area contributed by atoms with Crippen molar-refractivity contribution >= 4 is 5.91 Å². The number of benzene rings is 1. The average molecular weight is 290 g/mol. The molecule has 0 saturated heterocycles. The molecule has 1 amide bonds. The van der Waals surface area contributed by atoms with Gasteiger partial charge in [-0.05, 0) is 32.3 Å². The molecule has 1 aliphatic rings. The molecule has 4 nitrogen and oxygen atoms in total. The van der Waals surface area contributed by atoms with Gasteiger partial charge in [-0.2, -0.15) is 0 Å². The van der Waals surface area contributed by atoms with Crippen LogP contribution in [0.4, 0.5) is 0 Å². The highest BCUT2D eigenvalue weighted by atomic mass is 16.5. The molecule has 4 heteroatoms. The van der Waals surface area contributed by atoms with Gasteiger partial charge in [-0.1, -0.05) is 24.6 Å². The second-order valence-electron chi connectivity index (χ2n) is 5.99. The Bertz CT molecular complexity index is 489. The lowest BCUT2D eigenvalue weighted by atomic mass is 9.85. The SMILES string of the molecule is COc1ccccc1C(C)N(C)C(=O)C1CCCC(N)C1. The second-order valence-corrected chi connectivity index (χ2v) is 5.99. The van der Waals surface area contributed by atoms with Crippen molar-refractivity contribution in [1.29, 1.82) is 0 Å². The Labute approximate surface area is 127 Å². The van der Waals surface area contributed by atoms with Gasteiger partial charge in [0.1, 0.15) is 5.75 Å². The Morgan fingerprint density at radius 2 is 2.10 bits per heavy atom. The van der Waals surface area contributed by atoms with E-state index in [9.17, 15) is 4.79 Å². The molecule has 2 rings (SSSR count). The number of carbonyl (C=O) groups excluding carboxylic acids is 1. The third kappa shape index (κ3) is 3.56. The Morgan fingerprint density at radius 1 is 1.38 bits per heavy atom. The van der Waals surface area contributed by atoms with Gasteiger partial charge in [-0.25, -0.2) is 0 Å². The molecule has 0 bridgehead atoms. The van der Waals surface area contributed by atoms with Gasteiger partial charge < -0.3 is 15.4 Å². The van der Waals surface area contributed by atoms with E-state index in [0.717, 1.165) is 37.0 Å². The number of methoxy groups -OCH3 is 1. The minimum atomic E-state index is -0.00759. The normalized spacial score (nSPS) is 23.4. The quantitative estimate of drug-likeness (QED) is 0.927. The number of ether oxygens (including phenoxy) is 1. The van der Waals surface area contributed by atoms with Crippen LogP contribution in [0, 0.1) is 5.92 Å². The molecule has 116 valence electrons. The van der Waals surface area contributed by atoms with E-state index >= 15 is 0 Å². The molecular formula is C17H26N2O2. The number of nitrogens with zero attached hydrogens (tertiary/aromatic N) is 1. The Kier molecular flexibility index (Phi) is 5.23. The highest BCUT2D eigenvalue weighted by Crippen LogP contribution is 2.31. The summed E-state index contributed by atoms with van der Waals surface area (Å²) < 4.78 is 5.40. The molecule has 0 aliphatic heterocycles. The first kappa shape index (κ1) is 15.8. The molecule has 1 fully saturated rings. The first-order valence-electron chi connectivity index (χ1n) is 7.69. The summed E-state index contributed by atoms with van der Waals surface area (Å²) in [5.74, 6) is 1.09. The maximum Gasteiger partial charge on any atom is 0.225 e. The van der Waals surface area contributed by atoms with Crippen LogP contribution in [0.15, 0.2) is 24.3 Å². The smallest absolute Gasteiger partial charge is 0.225 e. The average Bonchev–Trinajstić information content (AvgIpc) is 2.52. The van der Waals surface area contributed by atoms with E-state index in [2.05, 4.69) is 0 Å². The number of hydrogen-bond donors (Lipinski definition) is 1. The fourth-order valence-corrected chi connectivity index (χ4v) is 3.15. The van der Waals surface area contributed by atoms with Crippen LogP contribution < -0.4 is 10.5 Å². The Hall–Kier alpha value is -1.55. The van der Waals surface area contributed by atoms with Crippen molar-refractivity contribution in [2.45, 2.75) is 44.7 Å². The van der Waals surface area contributed by atoms with Crippen molar-refractivity contribution in [1.82, 2.24) is 4.90 Å². The highest BCUT2D eigenvalue weighted by molar-refractivity contribution is 5.79. The van der Waals surface area contributed by atoms with Crippen LogP contribution in [-0.2, 0) is 4.79 Å². The van der Waals surface area contributed by atoms with Crippen LogP contribution in [-0.4, -0.2) is 31.0 Å². The molecule has 1 aromatic carbocycles. The molecule has 1 aliphatic carbocycles. The number of rotatable bonds is 4. The van der Waals surface area contributed by atoms with Gasteiger partial charge in [-0.3, -0.25) is 4.79 Å². The summed E-state index contributed by atoms with van der Waals surface area (Å²) in [6.07, 6.45) is 3.85. The first-order valence-corrected chi connectivity index (χ1v) is 7.69. The lowest BCUT2D eigenvalue weighted by Crippen LogP contribution is -2.39. The molecule has 21 heavy (non-hydrogen) atoms. The van der Waals surface area contributed by atoms with E-state index in [1.807, 2.05) is 43.1 Å². The zero-order valence-electron chi connectivity index (χ0n) is 13.2. The van der Waals surface area contributed by atoms with E-state index in [0.29, 0.717) is 0 Å². The fraction of sp³-hybridized carbons (Fsp3) is 0.588. The van der Waals surface area contributed by atoms with E-state index in [1.165, 1.54) is 0 Å². The van der Waals surface area contributed by atoms with E-state index in [4.69, 9.17) is 10.5 Å². The minimum Gasteiger partial charge on any atom is -0.496 e. The molecule has 3 unspecified atom stereocenters. The summed E-state index contributed by atoms with van der Waals surface area (Å²) in [4.78, 5) is 14.5. The van der Waals surface area contributed by atoms with Gasteiger partial charge in [0.15, 0.2) is 0 Å². The molecular weight excluding hydrogens is 264 g/mol. The lowest BCUT2D eigenvalue weighted by molar-refractivity contribution is -0.137. The Balaban J connectivity index is 2.11.